The summed E-state index contributed by atoms with van der Waals surface area (Å²) < 4.78 is 5.52. The zero-order valence-electron chi connectivity index (χ0n) is 11.9. The third-order valence-electron chi connectivity index (χ3n) is 4.28. The van der Waals surface area contributed by atoms with Gasteiger partial charge in [0.1, 0.15) is 0 Å². The summed E-state index contributed by atoms with van der Waals surface area (Å²) in [6.45, 7) is 5.62. The standard InChI is InChI=1S/C14H29NO2/c1-5-10-17-11-13(16)14(15(3)4)8-6-12(2)7-9-14/h12-13,16H,5-11H2,1-4H3. The lowest BCUT2D eigenvalue weighted by Gasteiger charge is -2.47. The van der Waals surface area contributed by atoms with Gasteiger partial charge >= 0.3 is 0 Å². The predicted molar refractivity (Wildman–Crippen MR) is 71.2 cm³/mol. The molecule has 0 aromatic rings. The van der Waals surface area contributed by atoms with E-state index in [4.69, 9.17) is 4.74 Å². The zero-order chi connectivity index (χ0) is 12.9. The number of hydrogen-bond donors (Lipinski definition) is 1. The SMILES string of the molecule is CCCOCC(O)C1(N(C)C)CCC(C)CC1. The molecule has 0 heterocycles. The summed E-state index contributed by atoms with van der Waals surface area (Å²) in [5, 5.41) is 10.4. The van der Waals surface area contributed by atoms with Gasteiger partial charge in [0.2, 0.25) is 0 Å². The number of rotatable bonds is 6. The molecule has 0 bridgehead atoms. The zero-order valence-corrected chi connectivity index (χ0v) is 11.9. The maximum absolute atomic E-state index is 10.4. The average Bonchev–Trinajstić information content (AvgIpc) is 2.30. The van der Waals surface area contributed by atoms with Gasteiger partial charge in [0.15, 0.2) is 0 Å². The first-order valence-electron chi connectivity index (χ1n) is 6.96. The molecule has 1 atom stereocenters. The first-order chi connectivity index (χ1) is 8.03. The van der Waals surface area contributed by atoms with Crippen LogP contribution in [0.1, 0.15) is 46.0 Å². The Morgan fingerprint density at radius 3 is 2.41 bits per heavy atom. The summed E-state index contributed by atoms with van der Waals surface area (Å²) in [4.78, 5) is 2.21. The van der Waals surface area contributed by atoms with Gasteiger partial charge in [-0.2, -0.15) is 0 Å². The fourth-order valence-electron chi connectivity index (χ4n) is 2.83. The number of aliphatic hydroxyl groups is 1. The maximum Gasteiger partial charge on any atom is 0.0956 e. The summed E-state index contributed by atoms with van der Waals surface area (Å²) >= 11 is 0. The third-order valence-corrected chi connectivity index (χ3v) is 4.28. The minimum atomic E-state index is -0.364. The first kappa shape index (κ1) is 14.9. The van der Waals surface area contributed by atoms with Crippen LogP contribution in [-0.4, -0.2) is 49.0 Å². The largest absolute Gasteiger partial charge is 0.389 e. The molecule has 0 spiro atoms. The monoisotopic (exact) mass is 243 g/mol. The minimum absolute atomic E-state index is 0.0692. The van der Waals surface area contributed by atoms with E-state index >= 15 is 0 Å². The van der Waals surface area contributed by atoms with Gasteiger partial charge in [-0.1, -0.05) is 13.8 Å². The Kier molecular flexibility index (Phi) is 5.90. The highest BCUT2D eigenvalue weighted by Gasteiger charge is 2.42. The second-order valence-electron chi connectivity index (χ2n) is 5.77. The topological polar surface area (TPSA) is 32.7 Å². The maximum atomic E-state index is 10.4. The van der Waals surface area contributed by atoms with Crippen LogP contribution in [0.15, 0.2) is 0 Å². The van der Waals surface area contributed by atoms with Crippen molar-refractivity contribution < 1.29 is 9.84 Å². The van der Waals surface area contributed by atoms with E-state index < -0.39 is 0 Å². The Morgan fingerprint density at radius 2 is 1.94 bits per heavy atom. The lowest BCUT2D eigenvalue weighted by Crippen LogP contribution is -2.57. The summed E-state index contributed by atoms with van der Waals surface area (Å²) in [6, 6.07) is 0. The quantitative estimate of drug-likeness (QED) is 0.727. The van der Waals surface area contributed by atoms with Gasteiger partial charge in [0.05, 0.1) is 12.7 Å². The van der Waals surface area contributed by atoms with Crippen LogP contribution in [0.5, 0.6) is 0 Å². The van der Waals surface area contributed by atoms with Crippen molar-refractivity contribution in [2.45, 2.75) is 57.6 Å². The molecule has 0 amide bonds. The highest BCUT2D eigenvalue weighted by molar-refractivity contribution is 4.97. The molecule has 1 fully saturated rings. The minimum Gasteiger partial charge on any atom is -0.389 e. The summed E-state index contributed by atoms with van der Waals surface area (Å²) in [5.74, 6) is 0.798. The Hall–Kier alpha value is -0.120. The number of likely N-dealkylation sites (N-methyl/N-ethyl adjacent to an activating group) is 1. The van der Waals surface area contributed by atoms with Crippen molar-refractivity contribution in [1.29, 1.82) is 0 Å². The van der Waals surface area contributed by atoms with Crippen molar-refractivity contribution in [1.82, 2.24) is 4.90 Å². The Bertz CT molecular complexity index is 210. The summed E-state index contributed by atoms with van der Waals surface area (Å²) in [7, 11) is 4.16. The van der Waals surface area contributed by atoms with Crippen LogP contribution in [0.3, 0.4) is 0 Å². The third kappa shape index (κ3) is 3.67. The van der Waals surface area contributed by atoms with Crippen LogP contribution < -0.4 is 0 Å². The lowest BCUT2D eigenvalue weighted by atomic mass is 9.73. The van der Waals surface area contributed by atoms with Crippen molar-refractivity contribution in [3.63, 3.8) is 0 Å². The van der Waals surface area contributed by atoms with E-state index in [9.17, 15) is 5.11 Å². The van der Waals surface area contributed by atoms with Crippen LogP contribution in [0.2, 0.25) is 0 Å². The highest BCUT2D eigenvalue weighted by Crippen LogP contribution is 2.37. The van der Waals surface area contributed by atoms with E-state index in [-0.39, 0.29) is 11.6 Å². The Morgan fingerprint density at radius 1 is 1.35 bits per heavy atom. The van der Waals surface area contributed by atoms with Crippen molar-refractivity contribution >= 4 is 0 Å². The average molecular weight is 243 g/mol. The summed E-state index contributed by atoms with van der Waals surface area (Å²) in [5.41, 5.74) is -0.0692. The fraction of sp³-hybridized carbons (Fsp3) is 1.00. The number of hydrogen-bond acceptors (Lipinski definition) is 3. The molecule has 0 aliphatic heterocycles. The van der Waals surface area contributed by atoms with Crippen LogP contribution in [-0.2, 0) is 4.74 Å². The number of nitrogens with zero attached hydrogens (tertiary/aromatic N) is 1. The molecule has 17 heavy (non-hydrogen) atoms. The molecular weight excluding hydrogens is 214 g/mol. The first-order valence-corrected chi connectivity index (χ1v) is 6.96. The molecule has 1 aliphatic rings. The molecule has 1 aliphatic carbocycles. The second-order valence-corrected chi connectivity index (χ2v) is 5.77. The molecule has 0 radical (unpaired) electrons. The van der Waals surface area contributed by atoms with Crippen LogP contribution in [0, 0.1) is 5.92 Å². The van der Waals surface area contributed by atoms with Gasteiger partial charge in [-0.3, -0.25) is 0 Å². The molecule has 102 valence electrons. The molecule has 0 aromatic heterocycles. The molecule has 3 nitrogen and oxygen atoms in total. The normalized spacial score (nSPS) is 31.8. The summed E-state index contributed by atoms with van der Waals surface area (Å²) in [6.07, 6.45) is 5.23. The van der Waals surface area contributed by atoms with E-state index in [0.29, 0.717) is 6.61 Å². The van der Waals surface area contributed by atoms with Crippen LogP contribution >= 0.6 is 0 Å². The van der Waals surface area contributed by atoms with Gasteiger partial charge in [-0.25, -0.2) is 0 Å². The van der Waals surface area contributed by atoms with Gasteiger partial charge in [0.25, 0.3) is 0 Å². The highest BCUT2D eigenvalue weighted by atomic mass is 16.5. The van der Waals surface area contributed by atoms with Crippen molar-refractivity contribution in [3.05, 3.63) is 0 Å². The molecule has 0 saturated heterocycles. The lowest BCUT2D eigenvalue weighted by molar-refractivity contribution is -0.0779. The number of aliphatic hydroxyl groups excluding tert-OH is 1. The van der Waals surface area contributed by atoms with E-state index in [1.165, 1.54) is 12.8 Å². The Balaban J connectivity index is 2.58. The predicted octanol–water partition coefficient (Wildman–Crippen LogP) is 2.28. The van der Waals surface area contributed by atoms with E-state index in [1.807, 2.05) is 0 Å². The van der Waals surface area contributed by atoms with E-state index in [2.05, 4.69) is 32.8 Å². The number of ether oxygens (including phenoxy) is 1. The smallest absolute Gasteiger partial charge is 0.0956 e. The van der Waals surface area contributed by atoms with Gasteiger partial charge < -0.3 is 14.7 Å². The second kappa shape index (κ2) is 6.72. The van der Waals surface area contributed by atoms with Crippen molar-refractivity contribution in [2.75, 3.05) is 27.3 Å². The molecule has 1 rings (SSSR count). The molecule has 1 N–H and O–H groups in total. The molecule has 3 heteroatoms. The van der Waals surface area contributed by atoms with Crippen LogP contribution in [0.4, 0.5) is 0 Å². The van der Waals surface area contributed by atoms with Gasteiger partial charge in [0, 0.05) is 12.1 Å². The van der Waals surface area contributed by atoms with Crippen LogP contribution in [0.25, 0.3) is 0 Å². The Labute approximate surface area is 106 Å². The fourth-order valence-corrected chi connectivity index (χ4v) is 2.83. The molecular formula is C14H29NO2. The molecule has 1 unspecified atom stereocenters. The molecule has 1 saturated carbocycles. The van der Waals surface area contributed by atoms with E-state index in [1.54, 1.807) is 0 Å². The molecule has 0 aromatic carbocycles. The van der Waals surface area contributed by atoms with Crippen molar-refractivity contribution in [3.8, 4) is 0 Å². The van der Waals surface area contributed by atoms with Gasteiger partial charge in [-0.15, -0.1) is 0 Å². The van der Waals surface area contributed by atoms with E-state index in [0.717, 1.165) is 31.8 Å². The van der Waals surface area contributed by atoms with Gasteiger partial charge in [-0.05, 0) is 52.1 Å². The van der Waals surface area contributed by atoms with Crippen molar-refractivity contribution in [2.24, 2.45) is 5.92 Å².